The minimum atomic E-state index is -0.230. The summed E-state index contributed by atoms with van der Waals surface area (Å²) in [6, 6.07) is 6.45. The lowest BCUT2D eigenvalue weighted by atomic mass is 9.96. The van der Waals surface area contributed by atoms with E-state index in [1.807, 2.05) is 0 Å². The van der Waals surface area contributed by atoms with E-state index in [0.717, 1.165) is 61.7 Å². The van der Waals surface area contributed by atoms with Gasteiger partial charge in [0, 0.05) is 30.0 Å². The molecule has 2 heterocycles. The molecule has 134 valence electrons. The summed E-state index contributed by atoms with van der Waals surface area (Å²) in [4.78, 5) is 19.1. The Hall–Kier alpha value is -1.79. The van der Waals surface area contributed by atoms with Gasteiger partial charge in [-0.15, -0.1) is 11.3 Å². The molecule has 1 fully saturated rings. The van der Waals surface area contributed by atoms with Crippen LogP contribution in [-0.4, -0.2) is 35.4 Å². The molecule has 1 amide bonds. The molecule has 1 aliphatic rings. The lowest BCUT2D eigenvalue weighted by Gasteiger charge is -2.30. The summed E-state index contributed by atoms with van der Waals surface area (Å²) < 4.78 is 13.0. The minimum Gasteiger partial charge on any atom is -0.356 e. The van der Waals surface area contributed by atoms with Gasteiger partial charge in [0.15, 0.2) is 0 Å². The number of carbonyl (C=O) groups is 1. The highest BCUT2D eigenvalue weighted by atomic mass is 32.1. The van der Waals surface area contributed by atoms with Gasteiger partial charge in [0.1, 0.15) is 10.8 Å². The molecule has 1 saturated heterocycles. The van der Waals surface area contributed by atoms with Gasteiger partial charge in [0.2, 0.25) is 5.91 Å². The van der Waals surface area contributed by atoms with E-state index in [4.69, 9.17) is 0 Å². The number of hydrogen-bond donors (Lipinski definition) is 1. The third-order valence-electron chi connectivity index (χ3n) is 4.54. The van der Waals surface area contributed by atoms with Crippen LogP contribution >= 0.6 is 11.3 Å². The molecule has 1 aliphatic heterocycles. The summed E-state index contributed by atoms with van der Waals surface area (Å²) in [5, 5.41) is 5.99. The zero-order valence-electron chi connectivity index (χ0n) is 14.5. The maximum Gasteiger partial charge on any atom is 0.223 e. The molecular formula is C19H24FN3OS. The third-order valence-corrected chi connectivity index (χ3v) is 5.48. The molecular weight excluding hydrogens is 337 g/mol. The van der Waals surface area contributed by atoms with Gasteiger partial charge in [-0.1, -0.05) is 6.92 Å². The minimum absolute atomic E-state index is 0.146. The Kier molecular flexibility index (Phi) is 6.15. The fraction of sp³-hybridized carbons (Fsp3) is 0.474. The topological polar surface area (TPSA) is 45.2 Å². The van der Waals surface area contributed by atoms with Crippen molar-refractivity contribution >= 4 is 17.2 Å². The second-order valence-corrected chi connectivity index (χ2v) is 7.35. The van der Waals surface area contributed by atoms with Crippen molar-refractivity contribution in [1.29, 1.82) is 0 Å². The number of piperidine rings is 1. The van der Waals surface area contributed by atoms with Crippen molar-refractivity contribution in [3.63, 3.8) is 0 Å². The van der Waals surface area contributed by atoms with Crippen LogP contribution in [0.3, 0.4) is 0 Å². The van der Waals surface area contributed by atoms with Crippen molar-refractivity contribution in [1.82, 2.24) is 15.2 Å². The standard InChI is InChI=1S/C19H24FN3OS/c1-2-9-21-18(24)14-7-10-23(11-8-14)12-17-13-25-19(22-17)15-3-5-16(20)6-4-15/h3-6,13-14H,2,7-12H2,1H3,(H,21,24). The summed E-state index contributed by atoms with van der Waals surface area (Å²) in [6.07, 6.45) is 2.79. The molecule has 1 aromatic carbocycles. The van der Waals surface area contributed by atoms with Crippen LogP contribution in [0, 0.1) is 11.7 Å². The number of carbonyl (C=O) groups excluding carboxylic acids is 1. The van der Waals surface area contributed by atoms with E-state index >= 15 is 0 Å². The second-order valence-electron chi connectivity index (χ2n) is 6.49. The zero-order valence-corrected chi connectivity index (χ0v) is 15.3. The third kappa shape index (κ3) is 4.86. The predicted molar refractivity (Wildman–Crippen MR) is 98.8 cm³/mol. The maximum absolute atomic E-state index is 13.0. The van der Waals surface area contributed by atoms with Crippen molar-refractivity contribution < 1.29 is 9.18 Å². The number of thiazole rings is 1. The van der Waals surface area contributed by atoms with Crippen LogP contribution < -0.4 is 5.32 Å². The van der Waals surface area contributed by atoms with E-state index in [1.165, 1.54) is 12.1 Å². The maximum atomic E-state index is 13.0. The molecule has 0 radical (unpaired) electrons. The van der Waals surface area contributed by atoms with E-state index in [2.05, 4.69) is 27.5 Å². The molecule has 1 N–H and O–H groups in total. The number of likely N-dealkylation sites (tertiary alicyclic amines) is 1. The van der Waals surface area contributed by atoms with E-state index in [1.54, 1.807) is 23.5 Å². The highest BCUT2D eigenvalue weighted by Crippen LogP contribution is 2.25. The SMILES string of the molecule is CCCNC(=O)C1CCN(Cc2csc(-c3ccc(F)cc3)n2)CC1. The van der Waals surface area contributed by atoms with Gasteiger partial charge in [-0.05, 0) is 56.6 Å². The smallest absolute Gasteiger partial charge is 0.223 e. The molecule has 4 nitrogen and oxygen atoms in total. The molecule has 0 unspecified atom stereocenters. The summed E-state index contributed by atoms with van der Waals surface area (Å²) in [6.45, 7) is 5.49. The lowest BCUT2D eigenvalue weighted by Crippen LogP contribution is -2.40. The molecule has 25 heavy (non-hydrogen) atoms. The summed E-state index contributed by atoms with van der Waals surface area (Å²) in [5.74, 6) is 0.119. The summed E-state index contributed by atoms with van der Waals surface area (Å²) in [5.41, 5.74) is 1.99. The van der Waals surface area contributed by atoms with Crippen molar-refractivity contribution in [3.8, 4) is 10.6 Å². The number of rotatable bonds is 6. The lowest BCUT2D eigenvalue weighted by molar-refractivity contribution is -0.126. The molecule has 0 aliphatic carbocycles. The summed E-state index contributed by atoms with van der Waals surface area (Å²) in [7, 11) is 0. The molecule has 0 saturated carbocycles. The van der Waals surface area contributed by atoms with Crippen molar-refractivity contribution in [2.75, 3.05) is 19.6 Å². The number of hydrogen-bond acceptors (Lipinski definition) is 4. The number of halogens is 1. The van der Waals surface area contributed by atoms with Crippen molar-refractivity contribution in [2.24, 2.45) is 5.92 Å². The quantitative estimate of drug-likeness (QED) is 0.853. The van der Waals surface area contributed by atoms with Gasteiger partial charge in [0.25, 0.3) is 0 Å². The normalized spacial score (nSPS) is 16.1. The van der Waals surface area contributed by atoms with E-state index < -0.39 is 0 Å². The fourth-order valence-corrected chi connectivity index (χ4v) is 3.90. The van der Waals surface area contributed by atoms with Gasteiger partial charge in [-0.3, -0.25) is 9.69 Å². The van der Waals surface area contributed by atoms with Crippen LogP contribution in [0.4, 0.5) is 4.39 Å². The van der Waals surface area contributed by atoms with Crippen LogP contribution in [0.1, 0.15) is 31.9 Å². The number of amides is 1. The Bertz CT molecular complexity index is 693. The molecule has 1 aromatic heterocycles. The number of aromatic nitrogens is 1. The largest absolute Gasteiger partial charge is 0.356 e. The molecule has 3 rings (SSSR count). The number of benzene rings is 1. The number of nitrogens with zero attached hydrogens (tertiary/aromatic N) is 2. The van der Waals surface area contributed by atoms with Gasteiger partial charge >= 0.3 is 0 Å². The molecule has 0 spiro atoms. The van der Waals surface area contributed by atoms with Crippen LogP contribution in [0.5, 0.6) is 0 Å². The van der Waals surface area contributed by atoms with Gasteiger partial charge in [0.05, 0.1) is 5.69 Å². The fourth-order valence-electron chi connectivity index (χ4n) is 3.08. The first-order valence-corrected chi connectivity index (χ1v) is 9.74. The molecule has 2 aromatic rings. The first-order valence-electron chi connectivity index (χ1n) is 8.86. The van der Waals surface area contributed by atoms with Crippen LogP contribution in [0.25, 0.3) is 10.6 Å². The Morgan fingerprint density at radius 2 is 2.04 bits per heavy atom. The Morgan fingerprint density at radius 3 is 2.72 bits per heavy atom. The average molecular weight is 361 g/mol. The van der Waals surface area contributed by atoms with Crippen molar-refractivity contribution in [3.05, 3.63) is 41.2 Å². The second kappa shape index (κ2) is 8.54. The van der Waals surface area contributed by atoms with E-state index in [0.29, 0.717) is 0 Å². The summed E-state index contributed by atoms with van der Waals surface area (Å²) >= 11 is 1.59. The van der Waals surface area contributed by atoms with E-state index in [-0.39, 0.29) is 17.6 Å². The Morgan fingerprint density at radius 1 is 1.32 bits per heavy atom. The van der Waals surface area contributed by atoms with Gasteiger partial charge < -0.3 is 5.32 Å². The highest BCUT2D eigenvalue weighted by Gasteiger charge is 2.25. The predicted octanol–water partition coefficient (Wildman–Crippen LogP) is 3.69. The molecule has 0 atom stereocenters. The van der Waals surface area contributed by atoms with E-state index in [9.17, 15) is 9.18 Å². The first-order chi connectivity index (χ1) is 12.2. The van der Waals surface area contributed by atoms with Crippen LogP contribution in [0.2, 0.25) is 0 Å². The molecule has 0 bridgehead atoms. The number of nitrogens with one attached hydrogen (secondary N) is 1. The Labute approximate surface area is 152 Å². The Balaban J connectivity index is 1.51. The molecule has 6 heteroatoms. The van der Waals surface area contributed by atoms with Crippen LogP contribution in [0.15, 0.2) is 29.6 Å². The first kappa shape index (κ1) is 18.0. The van der Waals surface area contributed by atoms with Crippen molar-refractivity contribution in [2.45, 2.75) is 32.7 Å². The van der Waals surface area contributed by atoms with Gasteiger partial charge in [-0.2, -0.15) is 0 Å². The highest BCUT2D eigenvalue weighted by molar-refractivity contribution is 7.13. The zero-order chi connectivity index (χ0) is 17.6. The monoisotopic (exact) mass is 361 g/mol. The average Bonchev–Trinajstić information content (AvgIpc) is 3.09. The van der Waals surface area contributed by atoms with Gasteiger partial charge in [-0.25, -0.2) is 9.37 Å². The van der Waals surface area contributed by atoms with Crippen LogP contribution in [-0.2, 0) is 11.3 Å².